The predicted molar refractivity (Wildman–Crippen MR) is 120 cm³/mol. The van der Waals surface area contributed by atoms with E-state index in [0.717, 1.165) is 10.4 Å². The standard InChI is InChI=1S/C22H19ClN4O2S/c23-16-6-3-5-15(11-16)12-17-13-24-22(30-17)26-20(28)9-4-10-27-14-25-19-8-2-1-7-18(19)21(27)29/h1-3,5-8,11,13-14H,4,9-10,12H2,(H,24,26,28). The Morgan fingerprint density at radius 3 is 2.87 bits per heavy atom. The fourth-order valence-corrected chi connectivity index (χ4v) is 4.23. The van der Waals surface area contributed by atoms with E-state index in [1.165, 1.54) is 17.7 Å². The van der Waals surface area contributed by atoms with Crippen LogP contribution in [0.15, 0.2) is 65.8 Å². The number of carbonyl (C=O) groups is 1. The number of hydrogen-bond donors (Lipinski definition) is 1. The molecule has 1 amide bonds. The highest BCUT2D eigenvalue weighted by Crippen LogP contribution is 2.22. The number of nitrogens with zero attached hydrogens (tertiary/aromatic N) is 3. The van der Waals surface area contributed by atoms with Gasteiger partial charge in [-0.15, -0.1) is 11.3 Å². The summed E-state index contributed by atoms with van der Waals surface area (Å²) in [6.45, 7) is 0.433. The van der Waals surface area contributed by atoms with Gasteiger partial charge in [0.25, 0.3) is 5.56 Å². The van der Waals surface area contributed by atoms with E-state index in [2.05, 4.69) is 15.3 Å². The number of amides is 1. The van der Waals surface area contributed by atoms with E-state index < -0.39 is 0 Å². The average Bonchev–Trinajstić information content (AvgIpc) is 3.16. The van der Waals surface area contributed by atoms with Gasteiger partial charge in [0.2, 0.25) is 5.91 Å². The van der Waals surface area contributed by atoms with Crippen LogP contribution >= 0.6 is 22.9 Å². The van der Waals surface area contributed by atoms with E-state index in [9.17, 15) is 9.59 Å². The summed E-state index contributed by atoms with van der Waals surface area (Å²) in [6.07, 6.45) is 4.84. The molecule has 2 heterocycles. The monoisotopic (exact) mass is 438 g/mol. The van der Waals surface area contributed by atoms with Gasteiger partial charge in [0.1, 0.15) is 0 Å². The van der Waals surface area contributed by atoms with E-state index >= 15 is 0 Å². The molecule has 0 atom stereocenters. The van der Waals surface area contributed by atoms with E-state index in [1.54, 1.807) is 16.8 Å². The third kappa shape index (κ3) is 4.93. The summed E-state index contributed by atoms with van der Waals surface area (Å²) in [5.41, 5.74) is 1.68. The minimum Gasteiger partial charge on any atom is -0.302 e. The molecule has 0 fully saturated rings. The molecule has 0 saturated heterocycles. The molecule has 0 unspecified atom stereocenters. The zero-order valence-corrected chi connectivity index (χ0v) is 17.6. The van der Waals surface area contributed by atoms with Crippen LogP contribution in [0.1, 0.15) is 23.3 Å². The molecule has 2 aromatic heterocycles. The lowest BCUT2D eigenvalue weighted by molar-refractivity contribution is -0.116. The topological polar surface area (TPSA) is 76.9 Å². The zero-order valence-electron chi connectivity index (χ0n) is 16.0. The minimum absolute atomic E-state index is 0.0911. The van der Waals surface area contributed by atoms with E-state index in [0.29, 0.717) is 46.9 Å². The molecule has 0 aliphatic heterocycles. The van der Waals surface area contributed by atoms with Gasteiger partial charge in [-0.1, -0.05) is 35.9 Å². The summed E-state index contributed by atoms with van der Waals surface area (Å²) in [5.74, 6) is -0.125. The van der Waals surface area contributed by atoms with Crippen LogP contribution in [-0.2, 0) is 17.8 Å². The first-order valence-electron chi connectivity index (χ1n) is 9.52. The van der Waals surface area contributed by atoms with Crippen molar-refractivity contribution in [2.75, 3.05) is 5.32 Å². The van der Waals surface area contributed by atoms with Crippen LogP contribution in [0.4, 0.5) is 5.13 Å². The number of aryl methyl sites for hydroxylation is 1. The zero-order chi connectivity index (χ0) is 20.9. The van der Waals surface area contributed by atoms with E-state index in [1.807, 2.05) is 42.5 Å². The SMILES string of the molecule is O=C(CCCn1cnc2ccccc2c1=O)Nc1ncc(Cc2cccc(Cl)c2)s1. The molecule has 0 radical (unpaired) electrons. The first kappa shape index (κ1) is 20.3. The van der Waals surface area contributed by atoms with Gasteiger partial charge in [0.05, 0.1) is 17.2 Å². The van der Waals surface area contributed by atoms with Gasteiger partial charge >= 0.3 is 0 Å². The maximum Gasteiger partial charge on any atom is 0.261 e. The number of fused-ring (bicyclic) bond motifs is 1. The number of nitrogens with one attached hydrogen (secondary N) is 1. The van der Waals surface area contributed by atoms with Gasteiger partial charge in [-0.3, -0.25) is 14.2 Å². The Labute approximate surface area is 182 Å². The molecular formula is C22H19ClN4O2S. The Morgan fingerprint density at radius 1 is 1.13 bits per heavy atom. The van der Waals surface area contributed by atoms with E-state index in [4.69, 9.17) is 11.6 Å². The van der Waals surface area contributed by atoms with Gasteiger partial charge in [-0.25, -0.2) is 9.97 Å². The Kier molecular flexibility index (Phi) is 6.21. The van der Waals surface area contributed by atoms with Crippen molar-refractivity contribution in [1.82, 2.24) is 14.5 Å². The van der Waals surface area contributed by atoms with Crippen molar-refractivity contribution in [2.45, 2.75) is 25.8 Å². The summed E-state index contributed by atoms with van der Waals surface area (Å²) >= 11 is 7.47. The molecular weight excluding hydrogens is 420 g/mol. The molecule has 4 rings (SSSR count). The maximum absolute atomic E-state index is 12.5. The van der Waals surface area contributed by atoms with E-state index in [-0.39, 0.29) is 11.5 Å². The molecule has 0 spiro atoms. The number of para-hydroxylation sites is 1. The predicted octanol–water partition coefficient (Wildman–Crippen LogP) is 4.52. The number of aromatic nitrogens is 3. The number of hydrogen-bond acceptors (Lipinski definition) is 5. The van der Waals surface area contributed by atoms with Gasteiger partial charge in [0, 0.05) is 35.5 Å². The quantitative estimate of drug-likeness (QED) is 0.460. The van der Waals surface area contributed by atoms with Crippen LogP contribution < -0.4 is 10.9 Å². The Morgan fingerprint density at radius 2 is 2.00 bits per heavy atom. The molecule has 1 N–H and O–H groups in total. The van der Waals surface area contributed by atoms with Crippen LogP contribution in [-0.4, -0.2) is 20.4 Å². The van der Waals surface area contributed by atoms with Crippen LogP contribution in [0.2, 0.25) is 5.02 Å². The Balaban J connectivity index is 1.30. The van der Waals surface area contributed by atoms with Crippen LogP contribution in [0.3, 0.4) is 0 Å². The Bertz CT molecular complexity index is 1250. The van der Waals surface area contributed by atoms with Crippen molar-refractivity contribution < 1.29 is 4.79 Å². The summed E-state index contributed by atoms with van der Waals surface area (Å²) in [6, 6.07) is 14.9. The fourth-order valence-electron chi connectivity index (χ4n) is 3.15. The Hall–Kier alpha value is -3.03. The van der Waals surface area contributed by atoms with Crippen molar-refractivity contribution in [2.24, 2.45) is 0 Å². The average molecular weight is 439 g/mol. The molecule has 152 valence electrons. The smallest absolute Gasteiger partial charge is 0.261 e. The van der Waals surface area contributed by atoms with Crippen molar-refractivity contribution in [1.29, 1.82) is 0 Å². The van der Waals surface area contributed by atoms with Crippen molar-refractivity contribution in [3.8, 4) is 0 Å². The molecule has 4 aromatic rings. The van der Waals surface area contributed by atoms with Gasteiger partial charge in [-0.2, -0.15) is 0 Å². The van der Waals surface area contributed by atoms with Crippen molar-refractivity contribution in [3.05, 3.63) is 86.9 Å². The second-order valence-corrected chi connectivity index (χ2v) is 8.40. The molecule has 0 aliphatic rings. The molecule has 30 heavy (non-hydrogen) atoms. The molecule has 2 aromatic carbocycles. The van der Waals surface area contributed by atoms with Crippen molar-refractivity contribution >= 4 is 44.9 Å². The second-order valence-electron chi connectivity index (χ2n) is 6.85. The normalized spacial score (nSPS) is 11.0. The summed E-state index contributed by atoms with van der Waals surface area (Å²) in [7, 11) is 0. The highest BCUT2D eigenvalue weighted by molar-refractivity contribution is 7.15. The lowest BCUT2D eigenvalue weighted by atomic mass is 10.1. The number of rotatable bonds is 7. The highest BCUT2D eigenvalue weighted by atomic mass is 35.5. The third-order valence-electron chi connectivity index (χ3n) is 4.60. The molecule has 0 aliphatic carbocycles. The van der Waals surface area contributed by atoms with Crippen LogP contribution in [0.25, 0.3) is 10.9 Å². The first-order valence-corrected chi connectivity index (χ1v) is 10.7. The van der Waals surface area contributed by atoms with Crippen LogP contribution in [0, 0.1) is 0 Å². The first-order chi connectivity index (χ1) is 14.6. The maximum atomic E-state index is 12.5. The number of halogens is 1. The molecule has 0 saturated carbocycles. The molecule has 8 heteroatoms. The number of benzene rings is 2. The summed E-state index contributed by atoms with van der Waals surface area (Å²) < 4.78 is 1.54. The summed E-state index contributed by atoms with van der Waals surface area (Å²) in [4.78, 5) is 34.3. The minimum atomic E-state index is -0.125. The highest BCUT2D eigenvalue weighted by Gasteiger charge is 2.09. The largest absolute Gasteiger partial charge is 0.302 e. The summed E-state index contributed by atoms with van der Waals surface area (Å²) in [5, 5.41) is 4.68. The fraction of sp³-hybridized carbons (Fsp3) is 0.182. The van der Waals surface area contributed by atoms with Crippen LogP contribution in [0.5, 0.6) is 0 Å². The lowest BCUT2D eigenvalue weighted by Crippen LogP contribution is -2.21. The number of carbonyl (C=O) groups excluding carboxylic acids is 1. The molecule has 0 bridgehead atoms. The van der Waals surface area contributed by atoms with Gasteiger partial charge in [-0.05, 0) is 36.2 Å². The third-order valence-corrected chi connectivity index (χ3v) is 5.75. The lowest BCUT2D eigenvalue weighted by Gasteiger charge is -2.06. The van der Waals surface area contributed by atoms with Gasteiger partial charge < -0.3 is 5.32 Å². The second kappa shape index (κ2) is 9.19. The number of thiazole rings is 1. The van der Waals surface area contributed by atoms with Gasteiger partial charge in [0.15, 0.2) is 5.13 Å². The van der Waals surface area contributed by atoms with Crippen molar-refractivity contribution in [3.63, 3.8) is 0 Å². The molecule has 6 nitrogen and oxygen atoms in total. The number of anilines is 1.